The molecule has 0 N–H and O–H groups in total. The molecule has 0 bridgehead atoms. The van der Waals surface area contributed by atoms with Crippen LogP contribution in [0.4, 0.5) is 0 Å². The average Bonchev–Trinajstić information content (AvgIpc) is 2.61. The Morgan fingerprint density at radius 2 is 1.82 bits per heavy atom. The molecule has 0 spiro atoms. The van der Waals surface area contributed by atoms with Gasteiger partial charge in [0.25, 0.3) is 0 Å². The second-order valence-electron chi connectivity index (χ2n) is 3.02. The first-order chi connectivity index (χ1) is 7.91. The molecule has 17 heavy (non-hydrogen) atoms. The van der Waals surface area contributed by atoms with Crippen molar-refractivity contribution in [2.24, 2.45) is 0 Å². The van der Waals surface area contributed by atoms with Crippen molar-refractivity contribution < 1.29 is 24.4 Å². The minimum Gasteiger partial charge on any atom is -0.264 e. The number of rotatable bonds is 6. The van der Waals surface area contributed by atoms with E-state index in [0.29, 0.717) is 0 Å². The Morgan fingerprint density at radius 3 is 2.29 bits per heavy atom. The van der Waals surface area contributed by atoms with Gasteiger partial charge in [0.1, 0.15) is 22.9 Å². The van der Waals surface area contributed by atoms with Crippen LogP contribution < -0.4 is 0 Å². The lowest BCUT2D eigenvalue weighted by Crippen LogP contribution is -2.56. The minimum atomic E-state index is -2.74. The quantitative estimate of drug-likeness (QED) is 0.330. The average molecular weight is 252 g/mol. The summed E-state index contributed by atoms with van der Waals surface area (Å²) in [5.41, 5.74) is 0. The van der Waals surface area contributed by atoms with Crippen LogP contribution in [-0.2, 0) is 9.68 Å². The van der Waals surface area contributed by atoms with Gasteiger partial charge in [-0.15, -0.1) is 0 Å². The van der Waals surface area contributed by atoms with Crippen molar-refractivity contribution in [1.82, 2.24) is 5.23 Å². The summed E-state index contributed by atoms with van der Waals surface area (Å²) in [6.07, 6.45) is -0.508. The Kier molecular flexibility index (Phi) is 3.82. The Balaban J connectivity index is 2.72. The van der Waals surface area contributed by atoms with E-state index in [9.17, 15) is 30.3 Å². The van der Waals surface area contributed by atoms with Crippen LogP contribution in [0.15, 0.2) is 0 Å². The van der Waals surface area contributed by atoms with Crippen LogP contribution in [0.1, 0.15) is 6.42 Å². The number of nitro groups is 3. The molecule has 1 rings (SSSR count). The van der Waals surface area contributed by atoms with E-state index in [1.165, 1.54) is 0 Å². The minimum absolute atomic E-state index is 0.108. The number of hydrogen-bond acceptors (Lipinski definition) is 9. The summed E-state index contributed by atoms with van der Waals surface area (Å²) in [5, 5.41) is 31.5. The largest absolute Gasteiger partial charge is 0.568 e. The van der Waals surface area contributed by atoms with Crippen molar-refractivity contribution in [3.05, 3.63) is 30.3 Å². The molecule has 1 aliphatic rings. The SMILES string of the molecule is O=[N+]([O-])CCON1OCCC1([N+](=O)[O-])[N+](=O)[O-]. The monoisotopic (exact) mass is 252 g/mol. The Bertz CT molecular complexity index is 331. The molecule has 0 aromatic rings. The van der Waals surface area contributed by atoms with Crippen LogP contribution in [-0.4, -0.2) is 45.5 Å². The number of hydroxylamine groups is 2. The second kappa shape index (κ2) is 4.94. The fourth-order valence-corrected chi connectivity index (χ4v) is 1.18. The van der Waals surface area contributed by atoms with Crippen molar-refractivity contribution in [2.75, 3.05) is 19.8 Å². The van der Waals surface area contributed by atoms with Gasteiger partial charge in [-0.25, -0.2) is 0 Å². The normalized spacial score (nSPS) is 19.1. The first kappa shape index (κ1) is 13.1. The third kappa shape index (κ3) is 2.43. The molecule has 1 heterocycles. The molecular weight excluding hydrogens is 244 g/mol. The molecular formula is C5H8N4O8. The van der Waals surface area contributed by atoms with E-state index in [4.69, 9.17) is 0 Å². The summed E-state index contributed by atoms with van der Waals surface area (Å²) in [6, 6.07) is 0. The summed E-state index contributed by atoms with van der Waals surface area (Å²) < 4.78 is 0. The van der Waals surface area contributed by atoms with Crippen molar-refractivity contribution in [3.8, 4) is 0 Å². The first-order valence-electron chi connectivity index (χ1n) is 4.38. The van der Waals surface area contributed by atoms with Crippen molar-refractivity contribution in [2.45, 2.75) is 12.2 Å². The predicted octanol–water partition coefficient (Wildman–Crippen LogP) is -0.961. The van der Waals surface area contributed by atoms with Crippen LogP contribution >= 0.6 is 0 Å². The van der Waals surface area contributed by atoms with E-state index in [2.05, 4.69) is 9.68 Å². The number of hydrogen-bond donors (Lipinski definition) is 0. The van der Waals surface area contributed by atoms with Crippen molar-refractivity contribution >= 4 is 0 Å². The maximum absolute atomic E-state index is 10.7. The van der Waals surface area contributed by atoms with Gasteiger partial charge in [0.05, 0.1) is 11.8 Å². The zero-order valence-electron chi connectivity index (χ0n) is 8.38. The van der Waals surface area contributed by atoms with E-state index in [1.54, 1.807) is 0 Å². The molecule has 96 valence electrons. The van der Waals surface area contributed by atoms with Crippen molar-refractivity contribution in [1.29, 1.82) is 0 Å². The van der Waals surface area contributed by atoms with Gasteiger partial charge in [0.15, 0.2) is 0 Å². The van der Waals surface area contributed by atoms with Crippen LogP contribution in [0, 0.1) is 30.3 Å². The Morgan fingerprint density at radius 1 is 1.24 bits per heavy atom. The van der Waals surface area contributed by atoms with Gasteiger partial charge >= 0.3 is 5.79 Å². The molecule has 0 radical (unpaired) electrons. The fourth-order valence-electron chi connectivity index (χ4n) is 1.18. The maximum Gasteiger partial charge on any atom is 0.568 e. The maximum atomic E-state index is 10.7. The molecule has 12 nitrogen and oxygen atoms in total. The molecule has 0 aromatic carbocycles. The zero-order valence-corrected chi connectivity index (χ0v) is 8.38. The topological polar surface area (TPSA) is 151 Å². The summed E-state index contributed by atoms with van der Waals surface area (Å²) >= 11 is 0. The fraction of sp³-hybridized carbons (Fsp3) is 1.00. The molecule has 0 atom stereocenters. The Hall–Kier alpha value is -1.92. The van der Waals surface area contributed by atoms with Gasteiger partial charge in [0, 0.05) is 4.92 Å². The van der Waals surface area contributed by atoms with Crippen LogP contribution in [0.5, 0.6) is 0 Å². The van der Waals surface area contributed by atoms with Crippen LogP contribution in [0.2, 0.25) is 0 Å². The zero-order chi connectivity index (χ0) is 13.1. The summed E-state index contributed by atoms with van der Waals surface area (Å²) in [6.45, 7) is -1.48. The third-order valence-electron chi connectivity index (χ3n) is 2.01. The molecule has 1 saturated heterocycles. The van der Waals surface area contributed by atoms with Gasteiger partial charge in [-0.2, -0.15) is 0 Å². The highest BCUT2D eigenvalue weighted by atomic mass is 17.0. The molecule has 0 aliphatic carbocycles. The number of nitrogens with zero attached hydrogens (tertiary/aromatic N) is 4. The standard InChI is InChI=1S/C5H8N4O8/c10-6(11)2-4-17-9-5(7(12)13,8(14)15)1-3-16-9/h1-4H2. The summed E-state index contributed by atoms with van der Waals surface area (Å²) in [4.78, 5) is 37.5. The van der Waals surface area contributed by atoms with Crippen LogP contribution in [0.25, 0.3) is 0 Å². The van der Waals surface area contributed by atoms with Gasteiger partial charge in [-0.1, -0.05) is 0 Å². The van der Waals surface area contributed by atoms with Crippen molar-refractivity contribution in [3.63, 3.8) is 0 Å². The highest BCUT2D eigenvalue weighted by Crippen LogP contribution is 2.28. The highest BCUT2D eigenvalue weighted by molar-refractivity contribution is 4.64. The van der Waals surface area contributed by atoms with E-state index in [-0.39, 0.29) is 11.8 Å². The predicted molar refractivity (Wildman–Crippen MR) is 46.9 cm³/mol. The smallest absolute Gasteiger partial charge is 0.264 e. The summed E-state index contributed by atoms with van der Waals surface area (Å²) in [5.74, 6) is -2.74. The first-order valence-corrected chi connectivity index (χ1v) is 4.38. The lowest BCUT2D eigenvalue weighted by atomic mass is 10.3. The molecule has 0 unspecified atom stereocenters. The van der Waals surface area contributed by atoms with Gasteiger partial charge in [-0.3, -0.25) is 40.0 Å². The molecule has 0 amide bonds. The molecule has 0 aromatic heterocycles. The lowest BCUT2D eigenvalue weighted by Gasteiger charge is -2.18. The van der Waals surface area contributed by atoms with Gasteiger partial charge in [0.2, 0.25) is 6.54 Å². The second-order valence-corrected chi connectivity index (χ2v) is 3.02. The molecule has 0 saturated carbocycles. The van der Waals surface area contributed by atoms with E-state index < -0.39 is 40.1 Å². The Labute approximate surface area is 93.0 Å². The third-order valence-corrected chi connectivity index (χ3v) is 2.01. The molecule has 1 fully saturated rings. The molecule has 1 aliphatic heterocycles. The van der Waals surface area contributed by atoms with Crippen LogP contribution in [0.3, 0.4) is 0 Å². The van der Waals surface area contributed by atoms with E-state index in [1.807, 2.05) is 0 Å². The van der Waals surface area contributed by atoms with Gasteiger partial charge in [-0.05, 0) is 0 Å². The highest BCUT2D eigenvalue weighted by Gasteiger charge is 2.68. The summed E-state index contributed by atoms with van der Waals surface area (Å²) in [7, 11) is 0. The van der Waals surface area contributed by atoms with E-state index >= 15 is 0 Å². The lowest BCUT2D eigenvalue weighted by molar-refractivity contribution is -0.851. The molecule has 12 heteroatoms. The van der Waals surface area contributed by atoms with Gasteiger partial charge < -0.3 is 0 Å². The van der Waals surface area contributed by atoms with E-state index in [0.717, 1.165) is 0 Å².